The zero-order valence-corrected chi connectivity index (χ0v) is 13.9. The zero-order valence-electron chi connectivity index (χ0n) is 13.1. The number of carbonyl (C=O) groups is 2. The van der Waals surface area contributed by atoms with Crippen LogP contribution in [0, 0.1) is 15.9 Å². The van der Waals surface area contributed by atoms with Crippen LogP contribution in [0.25, 0.3) is 6.08 Å². The van der Waals surface area contributed by atoms with E-state index in [1.807, 2.05) is 0 Å². The van der Waals surface area contributed by atoms with Gasteiger partial charge in [0.25, 0.3) is 11.6 Å². The highest BCUT2D eigenvalue weighted by Crippen LogP contribution is 2.26. The number of benzene rings is 2. The summed E-state index contributed by atoms with van der Waals surface area (Å²) in [6.07, 6.45) is 1.30. The third-order valence-electron chi connectivity index (χ3n) is 3.73. The Balaban J connectivity index is 1.87. The SMILES string of the molecule is O=C1N/C(=C\c2ccc(Cl)c([N+](=O)[O-])c2)C(=O)N1Cc1ccccc1F. The lowest BCUT2D eigenvalue weighted by Gasteiger charge is -2.12. The molecule has 1 aliphatic heterocycles. The Morgan fingerprint density at radius 1 is 1.23 bits per heavy atom. The highest BCUT2D eigenvalue weighted by molar-refractivity contribution is 6.32. The molecule has 1 N–H and O–H groups in total. The van der Waals surface area contributed by atoms with E-state index in [0.29, 0.717) is 5.56 Å². The molecule has 0 radical (unpaired) electrons. The Labute approximate surface area is 151 Å². The maximum absolute atomic E-state index is 13.7. The standard InChI is InChI=1S/C17H11ClFN3O4/c18-12-6-5-10(8-15(12)22(25)26)7-14-16(23)21(17(24)20-14)9-11-3-1-2-4-13(11)19/h1-8H,9H2,(H,20,24)/b14-7-. The van der Waals surface area contributed by atoms with Gasteiger partial charge in [-0.05, 0) is 23.8 Å². The van der Waals surface area contributed by atoms with E-state index in [2.05, 4.69) is 5.32 Å². The minimum atomic E-state index is -0.701. The quantitative estimate of drug-likeness (QED) is 0.383. The number of nitrogens with one attached hydrogen (secondary N) is 1. The van der Waals surface area contributed by atoms with E-state index in [1.165, 1.54) is 42.5 Å². The van der Waals surface area contributed by atoms with E-state index < -0.39 is 22.7 Å². The highest BCUT2D eigenvalue weighted by atomic mass is 35.5. The molecular formula is C17H11ClFN3O4. The lowest BCUT2D eigenvalue weighted by Crippen LogP contribution is -2.30. The average molecular weight is 376 g/mol. The molecule has 0 unspecified atom stereocenters. The zero-order chi connectivity index (χ0) is 18.8. The maximum Gasteiger partial charge on any atom is 0.329 e. The molecular weight excluding hydrogens is 365 g/mol. The van der Waals surface area contributed by atoms with Gasteiger partial charge in [-0.3, -0.25) is 19.8 Å². The van der Waals surface area contributed by atoms with Crippen molar-refractivity contribution < 1.29 is 18.9 Å². The number of rotatable bonds is 4. The third-order valence-corrected chi connectivity index (χ3v) is 4.05. The summed E-state index contributed by atoms with van der Waals surface area (Å²) >= 11 is 5.75. The number of imide groups is 1. The second kappa shape index (κ2) is 6.93. The summed E-state index contributed by atoms with van der Waals surface area (Å²) in [7, 11) is 0. The molecule has 7 nitrogen and oxygen atoms in total. The second-order valence-electron chi connectivity index (χ2n) is 5.44. The number of carbonyl (C=O) groups excluding carboxylic acids is 2. The van der Waals surface area contributed by atoms with Crippen LogP contribution in [0.2, 0.25) is 5.02 Å². The number of urea groups is 1. The van der Waals surface area contributed by atoms with Crippen molar-refractivity contribution in [3.05, 3.63) is 80.2 Å². The molecule has 0 aromatic heterocycles. The Kier molecular flexibility index (Phi) is 4.68. The first-order chi connectivity index (χ1) is 12.4. The number of hydrogen-bond donors (Lipinski definition) is 1. The summed E-state index contributed by atoms with van der Waals surface area (Å²) in [5.41, 5.74) is 0.126. The van der Waals surface area contributed by atoms with Crippen LogP contribution < -0.4 is 5.32 Å². The van der Waals surface area contributed by atoms with Crippen LogP contribution in [-0.2, 0) is 11.3 Å². The number of nitro groups is 1. The van der Waals surface area contributed by atoms with Crippen LogP contribution in [0.4, 0.5) is 14.9 Å². The number of hydrogen-bond acceptors (Lipinski definition) is 4. The first kappa shape index (κ1) is 17.6. The van der Waals surface area contributed by atoms with Crippen LogP contribution in [0.15, 0.2) is 48.2 Å². The number of amides is 3. The first-order valence-electron chi connectivity index (χ1n) is 7.38. The predicted molar refractivity (Wildman–Crippen MR) is 91.6 cm³/mol. The monoisotopic (exact) mass is 375 g/mol. The Bertz CT molecular complexity index is 961. The average Bonchev–Trinajstić information content (AvgIpc) is 2.85. The van der Waals surface area contributed by atoms with E-state index >= 15 is 0 Å². The van der Waals surface area contributed by atoms with E-state index in [0.717, 1.165) is 4.90 Å². The molecule has 3 amide bonds. The molecule has 26 heavy (non-hydrogen) atoms. The fraction of sp³-hybridized carbons (Fsp3) is 0.0588. The van der Waals surface area contributed by atoms with Crippen LogP contribution in [0.3, 0.4) is 0 Å². The van der Waals surface area contributed by atoms with Crippen molar-refractivity contribution in [3.63, 3.8) is 0 Å². The van der Waals surface area contributed by atoms with Gasteiger partial charge in [0.2, 0.25) is 0 Å². The van der Waals surface area contributed by atoms with Gasteiger partial charge >= 0.3 is 6.03 Å². The van der Waals surface area contributed by atoms with Crippen molar-refractivity contribution in [2.75, 3.05) is 0 Å². The fourth-order valence-corrected chi connectivity index (χ4v) is 2.62. The van der Waals surface area contributed by atoms with Gasteiger partial charge in [0.05, 0.1) is 11.5 Å². The van der Waals surface area contributed by atoms with Crippen molar-refractivity contribution in [1.82, 2.24) is 10.2 Å². The summed E-state index contributed by atoms with van der Waals surface area (Å²) in [4.78, 5) is 35.6. The maximum atomic E-state index is 13.7. The van der Waals surface area contributed by atoms with Crippen molar-refractivity contribution in [1.29, 1.82) is 0 Å². The van der Waals surface area contributed by atoms with Crippen molar-refractivity contribution >= 4 is 35.3 Å². The van der Waals surface area contributed by atoms with Gasteiger partial charge in [-0.2, -0.15) is 0 Å². The van der Waals surface area contributed by atoms with Gasteiger partial charge in [0, 0.05) is 11.6 Å². The predicted octanol–water partition coefficient (Wildman–Crippen LogP) is 3.48. The molecule has 9 heteroatoms. The molecule has 2 aromatic carbocycles. The molecule has 1 saturated heterocycles. The van der Waals surface area contributed by atoms with Gasteiger partial charge in [-0.15, -0.1) is 0 Å². The normalized spacial score (nSPS) is 15.5. The topological polar surface area (TPSA) is 92.5 Å². The van der Waals surface area contributed by atoms with Crippen LogP contribution >= 0.6 is 11.6 Å². The number of nitro benzene ring substituents is 1. The largest absolute Gasteiger partial charge is 0.329 e. The van der Waals surface area contributed by atoms with Gasteiger partial charge in [-0.1, -0.05) is 35.9 Å². The molecule has 0 spiro atoms. The molecule has 0 saturated carbocycles. The third kappa shape index (κ3) is 3.40. The molecule has 1 fully saturated rings. The summed E-state index contributed by atoms with van der Waals surface area (Å²) in [5, 5.41) is 13.3. The molecule has 0 aliphatic carbocycles. The summed E-state index contributed by atoms with van der Waals surface area (Å²) in [5.74, 6) is -1.19. The smallest absolute Gasteiger partial charge is 0.303 e. The van der Waals surface area contributed by atoms with Crippen molar-refractivity contribution in [3.8, 4) is 0 Å². The van der Waals surface area contributed by atoms with Gasteiger partial charge in [0.15, 0.2) is 0 Å². The molecule has 3 rings (SSSR count). The van der Waals surface area contributed by atoms with Crippen LogP contribution in [-0.4, -0.2) is 21.8 Å². The summed E-state index contributed by atoms with van der Waals surface area (Å²) < 4.78 is 13.7. The van der Waals surface area contributed by atoms with Crippen molar-refractivity contribution in [2.24, 2.45) is 0 Å². The van der Waals surface area contributed by atoms with Crippen LogP contribution in [0.1, 0.15) is 11.1 Å². The van der Waals surface area contributed by atoms with Gasteiger partial charge < -0.3 is 5.32 Å². The molecule has 0 bridgehead atoms. The summed E-state index contributed by atoms with van der Waals surface area (Å²) in [6, 6.07) is 9.09. The Hall–Kier alpha value is -3.26. The lowest BCUT2D eigenvalue weighted by atomic mass is 10.1. The van der Waals surface area contributed by atoms with Crippen molar-refractivity contribution in [2.45, 2.75) is 6.54 Å². The van der Waals surface area contributed by atoms with Gasteiger partial charge in [-0.25, -0.2) is 9.18 Å². The molecule has 0 atom stereocenters. The van der Waals surface area contributed by atoms with E-state index in [9.17, 15) is 24.1 Å². The minimum Gasteiger partial charge on any atom is -0.303 e. The van der Waals surface area contributed by atoms with E-state index in [4.69, 9.17) is 11.6 Å². The van der Waals surface area contributed by atoms with Crippen LogP contribution in [0.5, 0.6) is 0 Å². The lowest BCUT2D eigenvalue weighted by molar-refractivity contribution is -0.384. The fourth-order valence-electron chi connectivity index (χ4n) is 2.44. The van der Waals surface area contributed by atoms with E-state index in [-0.39, 0.29) is 28.5 Å². The first-order valence-corrected chi connectivity index (χ1v) is 7.76. The molecule has 2 aromatic rings. The highest BCUT2D eigenvalue weighted by Gasteiger charge is 2.34. The molecule has 1 aliphatic rings. The Morgan fingerprint density at radius 2 is 1.96 bits per heavy atom. The molecule has 132 valence electrons. The second-order valence-corrected chi connectivity index (χ2v) is 5.85. The number of nitrogens with zero attached hydrogens (tertiary/aromatic N) is 2. The summed E-state index contributed by atoms with van der Waals surface area (Å²) in [6.45, 7) is -0.227. The van der Waals surface area contributed by atoms with Gasteiger partial charge in [0.1, 0.15) is 16.5 Å². The van der Waals surface area contributed by atoms with E-state index in [1.54, 1.807) is 6.07 Å². The number of halogens is 2. The minimum absolute atomic E-state index is 0.0416. The molecule has 1 heterocycles. The Morgan fingerprint density at radius 3 is 2.65 bits per heavy atom.